The van der Waals surface area contributed by atoms with Gasteiger partial charge in [-0.05, 0) is 0 Å². The SMILES string of the molecule is C[N+](C)(C)c1nc(N)nc2nc[nH]c12. The highest BCUT2D eigenvalue weighted by Crippen LogP contribution is 2.22. The highest BCUT2D eigenvalue weighted by atomic mass is 15.3. The van der Waals surface area contributed by atoms with Crippen LogP contribution in [0.5, 0.6) is 0 Å². The summed E-state index contributed by atoms with van der Waals surface area (Å²) in [6, 6.07) is 0. The summed E-state index contributed by atoms with van der Waals surface area (Å²) in [7, 11) is 6.05. The van der Waals surface area contributed by atoms with E-state index >= 15 is 0 Å². The van der Waals surface area contributed by atoms with Crippen molar-refractivity contribution in [3.05, 3.63) is 6.33 Å². The van der Waals surface area contributed by atoms with Crippen LogP contribution >= 0.6 is 0 Å². The molecule has 6 nitrogen and oxygen atoms in total. The maximum absolute atomic E-state index is 5.59. The smallest absolute Gasteiger partial charge is 0.258 e. The molecule has 3 N–H and O–H groups in total. The second-order valence-corrected chi connectivity index (χ2v) is 4.02. The predicted octanol–water partition coefficient (Wildman–Crippen LogP) is 0.132. The minimum atomic E-state index is 0.257. The standard InChI is InChI=1S/C8H13N6/c1-14(2,3)7-5-6(11-4-10-5)12-8(9)13-7/h4H,1-3H3,(H3,9,10,11,12,13)/q+1. The van der Waals surface area contributed by atoms with E-state index in [0.717, 1.165) is 11.3 Å². The van der Waals surface area contributed by atoms with Crippen molar-refractivity contribution in [2.75, 3.05) is 26.9 Å². The number of nitrogen functional groups attached to an aromatic ring is 1. The summed E-state index contributed by atoms with van der Waals surface area (Å²) in [5.74, 6) is 1.10. The average Bonchev–Trinajstić information content (AvgIpc) is 2.47. The molecule has 6 heteroatoms. The summed E-state index contributed by atoms with van der Waals surface area (Å²) in [6.07, 6.45) is 1.60. The summed E-state index contributed by atoms with van der Waals surface area (Å²) in [5.41, 5.74) is 7.05. The molecule has 2 rings (SSSR count). The molecule has 2 aromatic rings. The Hall–Kier alpha value is -1.69. The van der Waals surface area contributed by atoms with Gasteiger partial charge >= 0.3 is 0 Å². The lowest BCUT2D eigenvalue weighted by Crippen LogP contribution is -2.36. The van der Waals surface area contributed by atoms with Crippen LogP contribution in [0.3, 0.4) is 0 Å². The van der Waals surface area contributed by atoms with E-state index in [1.54, 1.807) is 6.33 Å². The van der Waals surface area contributed by atoms with Gasteiger partial charge in [0.05, 0.1) is 27.5 Å². The summed E-state index contributed by atoms with van der Waals surface area (Å²) in [6.45, 7) is 0. The largest absolute Gasteiger partial charge is 0.368 e. The van der Waals surface area contributed by atoms with Gasteiger partial charge in [0.2, 0.25) is 5.95 Å². The molecule has 0 saturated carbocycles. The Morgan fingerprint density at radius 1 is 1.29 bits per heavy atom. The van der Waals surface area contributed by atoms with Gasteiger partial charge in [-0.15, -0.1) is 0 Å². The van der Waals surface area contributed by atoms with Gasteiger partial charge in [0.15, 0.2) is 11.2 Å². The van der Waals surface area contributed by atoms with E-state index in [4.69, 9.17) is 5.73 Å². The Morgan fingerprint density at radius 3 is 2.64 bits per heavy atom. The number of hydrogen-bond acceptors (Lipinski definition) is 4. The van der Waals surface area contributed by atoms with Gasteiger partial charge in [-0.3, -0.25) is 4.48 Å². The number of hydrogen-bond donors (Lipinski definition) is 2. The number of nitrogens with one attached hydrogen (secondary N) is 1. The summed E-state index contributed by atoms with van der Waals surface area (Å²) in [5, 5.41) is 0. The van der Waals surface area contributed by atoms with Crippen LogP contribution in [0.1, 0.15) is 0 Å². The molecule has 0 aliphatic rings. The van der Waals surface area contributed by atoms with Crippen LogP contribution in [0.4, 0.5) is 11.8 Å². The molecule has 0 aromatic carbocycles. The number of imidazole rings is 1. The van der Waals surface area contributed by atoms with Gasteiger partial charge in [0.1, 0.15) is 0 Å². The molecule has 0 unspecified atom stereocenters. The first-order valence-electron chi connectivity index (χ1n) is 4.27. The fraction of sp³-hybridized carbons (Fsp3) is 0.375. The molecule has 2 aromatic heterocycles. The van der Waals surface area contributed by atoms with Crippen molar-refractivity contribution in [3.63, 3.8) is 0 Å². The Bertz CT molecular complexity index is 466. The van der Waals surface area contributed by atoms with Gasteiger partial charge in [-0.1, -0.05) is 0 Å². The van der Waals surface area contributed by atoms with Crippen molar-refractivity contribution >= 4 is 22.9 Å². The molecule has 0 aliphatic heterocycles. The average molecular weight is 193 g/mol. The van der Waals surface area contributed by atoms with E-state index in [1.807, 2.05) is 21.1 Å². The topological polar surface area (TPSA) is 80.5 Å². The van der Waals surface area contributed by atoms with Gasteiger partial charge < -0.3 is 10.7 Å². The monoisotopic (exact) mass is 193 g/mol. The number of nitrogens with zero attached hydrogens (tertiary/aromatic N) is 4. The fourth-order valence-corrected chi connectivity index (χ4v) is 1.32. The number of aromatic nitrogens is 4. The molecule has 0 fully saturated rings. The molecular formula is C8H13N6+. The summed E-state index contributed by atoms with van der Waals surface area (Å²) >= 11 is 0. The number of fused-ring (bicyclic) bond motifs is 1. The third-order valence-electron chi connectivity index (χ3n) is 1.92. The molecule has 0 amide bonds. The van der Waals surface area contributed by atoms with E-state index in [-0.39, 0.29) is 5.95 Å². The van der Waals surface area contributed by atoms with E-state index in [1.165, 1.54) is 0 Å². The minimum absolute atomic E-state index is 0.257. The molecule has 74 valence electrons. The normalized spacial score (nSPS) is 12.2. The van der Waals surface area contributed by atoms with Crippen LogP contribution in [0.25, 0.3) is 11.2 Å². The molecule has 0 radical (unpaired) electrons. The molecule has 0 bridgehead atoms. The van der Waals surface area contributed by atoms with E-state index in [2.05, 4.69) is 19.9 Å². The van der Waals surface area contributed by atoms with Crippen LogP contribution in [0, 0.1) is 0 Å². The van der Waals surface area contributed by atoms with Gasteiger partial charge in [-0.25, -0.2) is 4.98 Å². The van der Waals surface area contributed by atoms with Gasteiger partial charge in [-0.2, -0.15) is 9.97 Å². The highest BCUT2D eigenvalue weighted by Gasteiger charge is 2.21. The maximum Gasteiger partial charge on any atom is 0.258 e. The van der Waals surface area contributed by atoms with E-state index < -0.39 is 0 Å². The Balaban J connectivity index is 2.80. The van der Waals surface area contributed by atoms with E-state index in [9.17, 15) is 0 Å². The molecule has 2 heterocycles. The van der Waals surface area contributed by atoms with Gasteiger partial charge in [0, 0.05) is 0 Å². The van der Waals surface area contributed by atoms with Crippen molar-refractivity contribution in [2.45, 2.75) is 0 Å². The Kier molecular flexibility index (Phi) is 1.68. The number of nitrogens with two attached hydrogens (primary N) is 1. The summed E-state index contributed by atoms with van der Waals surface area (Å²) < 4.78 is 0.575. The minimum Gasteiger partial charge on any atom is -0.368 e. The van der Waals surface area contributed by atoms with Crippen molar-refractivity contribution in [1.29, 1.82) is 0 Å². The molecular weight excluding hydrogens is 180 g/mol. The summed E-state index contributed by atoms with van der Waals surface area (Å²) in [4.78, 5) is 15.3. The van der Waals surface area contributed by atoms with E-state index in [0.29, 0.717) is 10.1 Å². The van der Waals surface area contributed by atoms with Crippen molar-refractivity contribution in [3.8, 4) is 0 Å². The lowest BCUT2D eigenvalue weighted by molar-refractivity contribution is 0.476. The number of anilines is 1. The quantitative estimate of drug-likeness (QED) is 0.631. The van der Waals surface area contributed by atoms with Crippen molar-refractivity contribution in [1.82, 2.24) is 24.4 Å². The fourth-order valence-electron chi connectivity index (χ4n) is 1.32. The van der Waals surface area contributed by atoms with Gasteiger partial charge in [0.25, 0.3) is 5.82 Å². The first-order chi connectivity index (χ1) is 6.48. The number of H-pyrrole nitrogens is 1. The molecule has 0 saturated heterocycles. The van der Waals surface area contributed by atoms with Crippen LogP contribution in [-0.4, -0.2) is 41.1 Å². The maximum atomic E-state index is 5.59. The van der Waals surface area contributed by atoms with Crippen molar-refractivity contribution in [2.24, 2.45) is 0 Å². The first kappa shape index (κ1) is 8.89. The number of aromatic amines is 1. The van der Waals surface area contributed by atoms with Crippen LogP contribution in [-0.2, 0) is 0 Å². The molecule has 0 atom stereocenters. The van der Waals surface area contributed by atoms with Crippen LogP contribution in [0.2, 0.25) is 0 Å². The van der Waals surface area contributed by atoms with Crippen LogP contribution < -0.4 is 10.2 Å². The van der Waals surface area contributed by atoms with Crippen molar-refractivity contribution < 1.29 is 0 Å². The highest BCUT2D eigenvalue weighted by molar-refractivity contribution is 5.82. The zero-order valence-electron chi connectivity index (χ0n) is 8.44. The Labute approximate surface area is 81.4 Å². The zero-order valence-corrected chi connectivity index (χ0v) is 8.44. The molecule has 14 heavy (non-hydrogen) atoms. The lowest BCUT2D eigenvalue weighted by Gasteiger charge is -2.21. The number of quaternary nitrogens is 1. The molecule has 0 spiro atoms. The Morgan fingerprint density at radius 2 is 2.00 bits per heavy atom. The predicted molar refractivity (Wildman–Crippen MR) is 55.7 cm³/mol. The van der Waals surface area contributed by atoms with Crippen LogP contribution in [0.15, 0.2) is 6.33 Å². The lowest BCUT2D eigenvalue weighted by atomic mass is 10.4. The second kappa shape index (κ2) is 2.65. The zero-order chi connectivity index (χ0) is 10.3. The third kappa shape index (κ3) is 1.29. The second-order valence-electron chi connectivity index (χ2n) is 4.02. The first-order valence-corrected chi connectivity index (χ1v) is 4.27. The third-order valence-corrected chi connectivity index (χ3v) is 1.92. The number of rotatable bonds is 1. The molecule has 0 aliphatic carbocycles.